The van der Waals surface area contributed by atoms with Crippen LogP contribution in [0.15, 0.2) is 6.07 Å². The molecule has 1 heterocycles. The van der Waals surface area contributed by atoms with Crippen LogP contribution in [0.2, 0.25) is 0 Å². The first kappa shape index (κ1) is 10.7. The van der Waals surface area contributed by atoms with Crippen LogP contribution in [0.3, 0.4) is 0 Å². The molecule has 2 atom stereocenters. The molecule has 74 valence electrons. The first-order valence-electron chi connectivity index (χ1n) is 4.88. The quantitative estimate of drug-likeness (QED) is 0.789. The Hall–Kier alpha value is -0.340. The van der Waals surface area contributed by atoms with Crippen molar-refractivity contribution in [3.63, 3.8) is 0 Å². The minimum Gasteiger partial charge on any atom is -0.324 e. The third-order valence-corrected chi connectivity index (χ3v) is 3.68. The van der Waals surface area contributed by atoms with Gasteiger partial charge in [-0.3, -0.25) is 0 Å². The molecule has 1 rings (SSSR count). The van der Waals surface area contributed by atoms with E-state index < -0.39 is 0 Å². The highest BCUT2D eigenvalue weighted by Crippen LogP contribution is 2.30. The van der Waals surface area contributed by atoms with E-state index in [0.717, 1.165) is 6.42 Å². The Morgan fingerprint density at radius 2 is 2.08 bits per heavy atom. The topological polar surface area (TPSA) is 26.0 Å². The number of hydrogen-bond donors (Lipinski definition) is 1. The third kappa shape index (κ3) is 2.32. The van der Waals surface area contributed by atoms with Crippen LogP contribution in [-0.4, -0.2) is 0 Å². The lowest BCUT2D eigenvalue weighted by Crippen LogP contribution is -2.18. The van der Waals surface area contributed by atoms with Crippen LogP contribution in [0.4, 0.5) is 0 Å². The molecular formula is C11H19NS. The normalized spacial score (nSPS) is 15.8. The molecule has 0 fully saturated rings. The molecule has 0 spiro atoms. The van der Waals surface area contributed by atoms with Gasteiger partial charge in [-0.1, -0.05) is 20.3 Å². The number of thiophene rings is 1. The SMILES string of the molecule is CCC(C)C(N)c1cc(C)sc1C. The Morgan fingerprint density at radius 1 is 1.46 bits per heavy atom. The molecule has 13 heavy (non-hydrogen) atoms. The first-order valence-corrected chi connectivity index (χ1v) is 5.70. The van der Waals surface area contributed by atoms with Gasteiger partial charge >= 0.3 is 0 Å². The van der Waals surface area contributed by atoms with Gasteiger partial charge in [0.15, 0.2) is 0 Å². The van der Waals surface area contributed by atoms with E-state index in [9.17, 15) is 0 Å². The molecule has 1 nitrogen and oxygen atoms in total. The van der Waals surface area contributed by atoms with E-state index in [2.05, 4.69) is 33.8 Å². The second-order valence-corrected chi connectivity index (χ2v) is 5.24. The van der Waals surface area contributed by atoms with E-state index in [1.54, 1.807) is 0 Å². The van der Waals surface area contributed by atoms with Gasteiger partial charge in [-0.2, -0.15) is 0 Å². The molecule has 0 saturated heterocycles. The Kier molecular flexibility index (Phi) is 3.51. The highest BCUT2D eigenvalue weighted by molar-refractivity contribution is 7.12. The van der Waals surface area contributed by atoms with Crippen LogP contribution in [0, 0.1) is 19.8 Å². The molecule has 1 aromatic rings. The van der Waals surface area contributed by atoms with Crippen molar-refractivity contribution in [3.05, 3.63) is 21.4 Å². The number of aryl methyl sites for hydroxylation is 2. The number of nitrogens with two attached hydrogens (primary N) is 1. The molecule has 0 aliphatic rings. The lowest BCUT2D eigenvalue weighted by Gasteiger charge is -2.18. The van der Waals surface area contributed by atoms with Gasteiger partial charge < -0.3 is 5.73 Å². The van der Waals surface area contributed by atoms with Crippen LogP contribution in [0.25, 0.3) is 0 Å². The van der Waals surface area contributed by atoms with Gasteiger partial charge in [-0.25, -0.2) is 0 Å². The predicted octanol–water partition coefficient (Wildman–Crippen LogP) is 3.41. The number of rotatable bonds is 3. The van der Waals surface area contributed by atoms with Crippen molar-refractivity contribution in [1.29, 1.82) is 0 Å². The third-order valence-electron chi connectivity index (χ3n) is 2.70. The standard InChI is InChI=1S/C11H19NS/c1-5-7(2)11(12)10-6-8(3)13-9(10)4/h6-7,11H,5,12H2,1-4H3. The fourth-order valence-corrected chi connectivity index (χ4v) is 2.52. The van der Waals surface area contributed by atoms with Crippen molar-refractivity contribution < 1.29 is 0 Å². The fraction of sp³-hybridized carbons (Fsp3) is 0.636. The van der Waals surface area contributed by atoms with Crippen LogP contribution < -0.4 is 5.73 Å². The van der Waals surface area contributed by atoms with Crippen molar-refractivity contribution in [2.24, 2.45) is 11.7 Å². The second kappa shape index (κ2) is 4.25. The van der Waals surface area contributed by atoms with Crippen LogP contribution in [0.5, 0.6) is 0 Å². The Bertz CT molecular complexity index is 278. The molecule has 2 unspecified atom stereocenters. The summed E-state index contributed by atoms with van der Waals surface area (Å²) in [5.41, 5.74) is 7.51. The van der Waals surface area contributed by atoms with Crippen molar-refractivity contribution in [2.75, 3.05) is 0 Å². The summed E-state index contributed by atoms with van der Waals surface area (Å²) < 4.78 is 0. The zero-order chi connectivity index (χ0) is 10.0. The monoisotopic (exact) mass is 197 g/mol. The molecule has 0 bridgehead atoms. The van der Waals surface area contributed by atoms with E-state index in [-0.39, 0.29) is 6.04 Å². The average molecular weight is 197 g/mol. The molecule has 1 aromatic heterocycles. The lowest BCUT2D eigenvalue weighted by atomic mass is 9.94. The summed E-state index contributed by atoms with van der Waals surface area (Å²) in [6.07, 6.45) is 1.15. The zero-order valence-corrected chi connectivity index (χ0v) is 9.74. The summed E-state index contributed by atoms with van der Waals surface area (Å²) in [5, 5.41) is 0. The van der Waals surface area contributed by atoms with Crippen LogP contribution in [-0.2, 0) is 0 Å². The average Bonchev–Trinajstić information content (AvgIpc) is 2.42. The minimum absolute atomic E-state index is 0.218. The van der Waals surface area contributed by atoms with Gasteiger partial charge in [-0.15, -0.1) is 11.3 Å². The van der Waals surface area contributed by atoms with E-state index >= 15 is 0 Å². The van der Waals surface area contributed by atoms with Gasteiger partial charge in [-0.05, 0) is 31.4 Å². The summed E-state index contributed by atoms with van der Waals surface area (Å²) in [7, 11) is 0. The fourth-order valence-electron chi connectivity index (χ4n) is 1.54. The molecule has 2 heteroatoms. The number of hydrogen-bond acceptors (Lipinski definition) is 2. The van der Waals surface area contributed by atoms with Gasteiger partial charge in [0.05, 0.1) is 0 Å². The smallest absolute Gasteiger partial charge is 0.0331 e. The minimum atomic E-state index is 0.218. The van der Waals surface area contributed by atoms with Gasteiger partial charge in [0.2, 0.25) is 0 Å². The van der Waals surface area contributed by atoms with Crippen LogP contribution >= 0.6 is 11.3 Å². The van der Waals surface area contributed by atoms with E-state index in [1.807, 2.05) is 11.3 Å². The maximum absolute atomic E-state index is 6.17. The maximum atomic E-state index is 6.17. The first-order chi connectivity index (χ1) is 6.06. The van der Waals surface area contributed by atoms with E-state index in [4.69, 9.17) is 5.73 Å². The Morgan fingerprint density at radius 3 is 2.46 bits per heavy atom. The summed E-state index contributed by atoms with van der Waals surface area (Å²) in [6, 6.07) is 2.45. The Balaban J connectivity index is 2.87. The molecular weight excluding hydrogens is 178 g/mol. The molecule has 0 saturated carbocycles. The van der Waals surface area contributed by atoms with E-state index in [1.165, 1.54) is 15.3 Å². The maximum Gasteiger partial charge on any atom is 0.0331 e. The lowest BCUT2D eigenvalue weighted by molar-refractivity contribution is 0.456. The van der Waals surface area contributed by atoms with Gasteiger partial charge in [0.1, 0.15) is 0 Å². The second-order valence-electron chi connectivity index (χ2n) is 3.78. The summed E-state index contributed by atoms with van der Waals surface area (Å²) in [5.74, 6) is 0.577. The summed E-state index contributed by atoms with van der Waals surface area (Å²) in [6.45, 7) is 8.72. The predicted molar refractivity (Wildman–Crippen MR) is 60.2 cm³/mol. The Labute approximate surface area is 85.0 Å². The molecule has 2 N–H and O–H groups in total. The summed E-state index contributed by atoms with van der Waals surface area (Å²) in [4.78, 5) is 2.75. The summed E-state index contributed by atoms with van der Waals surface area (Å²) >= 11 is 1.85. The van der Waals surface area contributed by atoms with Crippen molar-refractivity contribution in [1.82, 2.24) is 0 Å². The molecule has 0 aliphatic heterocycles. The molecule has 0 aliphatic carbocycles. The van der Waals surface area contributed by atoms with E-state index in [0.29, 0.717) is 5.92 Å². The van der Waals surface area contributed by atoms with Gasteiger partial charge in [0, 0.05) is 15.8 Å². The molecule has 0 aromatic carbocycles. The van der Waals surface area contributed by atoms with Crippen molar-refractivity contribution >= 4 is 11.3 Å². The van der Waals surface area contributed by atoms with Crippen molar-refractivity contribution in [3.8, 4) is 0 Å². The van der Waals surface area contributed by atoms with Gasteiger partial charge in [0.25, 0.3) is 0 Å². The molecule has 0 amide bonds. The molecule has 0 radical (unpaired) electrons. The zero-order valence-electron chi connectivity index (χ0n) is 8.92. The van der Waals surface area contributed by atoms with Crippen molar-refractivity contribution in [2.45, 2.75) is 40.2 Å². The highest BCUT2D eigenvalue weighted by atomic mass is 32.1. The highest BCUT2D eigenvalue weighted by Gasteiger charge is 2.16. The largest absolute Gasteiger partial charge is 0.324 e. The van der Waals surface area contributed by atoms with Crippen LogP contribution in [0.1, 0.15) is 41.6 Å².